The molecule has 0 aliphatic heterocycles. The van der Waals surface area contributed by atoms with E-state index < -0.39 is 5.97 Å². The number of hydrogen-bond donors (Lipinski definition) is 1. The number of fused-ring (bicyclic) bond motifs is 1. The Morgan fingerprint density at radius 3 is 2.68 bits per heavy atom. The zero-order valence-electron chi connectivity index (χ0n) is 14.8. The Labute approximate surface area is 148 Å². The van der Waals surface area contributed by atoms with E-state index >= 15 is 0 Å². The number of esters is 1. The number of amides is 1. The van der Waals surface area contributed by atoms with Crippen molar-refractivity contribution >= 4 is 22.6 Å². The van der Waals surface area contributed by atoms with Crippen LogP contribution < -0.4 is 5.32 Å². The highest BCUT2D eigenvalue weighted by Gasteiger charge is 2.28. The first-order valence-corrected chi connectivity index (χ1v) is 9.00. The molecule has 0 saturated heterocycles. The molecule has 2 aromatic rings. The fourth-order valence-electron chi connectivity index (χ4n) is 3.65. The van der Waals surface area contributed by atoms with Gasteiger partial charge in [-0.2, -0.15) is 0 Å². The van der Waals surface area contributed by atoms with E-state index in [1.807, 2.05) is 36.4 Å². The molecule has 1 saturated carbocycles. The largest absolute Gasteiger partial charge is 0.452 e. The molecule has 0 heterocycles. The minimum absolute atomic E-state index is 0.174. The number of ether oxygens (including phenoxy) is 1. The van der Waals surface area contributed by atoms with Crippen molar-refractivity contribution < 1.29 is 14.3 Å². The first-order chi connectivity index (χ1) is 12.1. The number of benzene rings is 2. The van der Waals surface area contributed by atoms with Gasteiger partial charge in [0, 0.05) is 6.04 Å². The molecule has 132 valence electrons. The number of carbonyl (C=O) groups excluding carboxylic acids is 2. The summed E-state index contributed by atoms with van der Waals surface area (Å²) >= 11 is 0. The van der Waals surface area contributed by atoms with Gasteiger partial charge >= 0.3 is 5.97 Å². The number of nitrogens with one attached hydrogen (secondary N) is 1. The average Bonchev–Trinajstić information content (AvgIpc) is 2.63. The van der Waals surface area contributed by atoms with Crippen LogP contribution in [0.3, 0.4) is 0 Å². The molecule has 0 aromatic heterocycles. The van der Waals surface area contributed by atoms with Crippen molar-refractivity contribution in [2.75, 3.05) is 6.61 Å². The second-order valence-electron chi connectivity index (χ2n) is 7.04. The van der Waals surface area contributed by atoms with E-state index in [1.165, 1.54) is 6.42 Å². The molecule has 3 rings (SSSR count). The van der Waals surface area contributed by atoms with Crippen molar-refractivity contribution in [1.29, 1.82) is 0 Å². The van der Waals surface area contributed by atoms with Gasteiger partial charge in [-0.05, 0) is 35.1 Å². The fourth-order valence-corrected chi connectivity index (χ4v) is 3.65. The summed E-state index contributed by atoms with van der Waals surface area (Å²) in [4.78, 5) is 24.5. The van der Waals surface area contributed by atoms with Crippen molar-refractivity contribution in [3.8, 4) is 0 Å². The molecule has 4 heteroatoms. The summed E-state index contributed by atoms with van der Waals surface area (Å²) in [6.45, 7) is 4.17. The lowest BCUT2D eigenvalue weighted by Crippen LogP contribution is -2.45. The summed E-state index contributed by atoms with van der Waals surface area (Å²) in [6.07, 6.45) is 3.34. The van der Waals surface area contributed by atoms with Crippen LogP contribution in [0.25, 0.3) is 10.8 Å². The summed E-state index contributed by atoms with van der Waals surface area (Å²) < 4.78 is 5.25. The molecule has 1 amide bonds. The van der Waals surface area contributed by atoms with Crippen LogP contribution in [0.5, 0.6) is 0 Å². The van der Waals surface area contributed by atoms with Crippen molar-refractivity contribution in [3.63, 3.8) is 0 Å². The van der Waals surface area contributed by atoms with Crippen molar-refractivity contribution in [1.82, 2.24) is 5.32 Å². The van der Waals surface area contributed by atoms with Gasteiger partial charge < -0.3 is 10.1 Å². The highest BCUT2D eigenvalue weighted by atomic mass is 16.5. The highest BCUT2D eigenvalue weighted by molar-refractivity contribution is 6.04. The molecule has 1 aliphatic carbocycles. The van der Waals surface area contributed by atoms with Gasteiger partial charge in [-0.1, -0.05) is 63.1 Å². The van der Waals surface area contributed by atoms with Crippen LogP contribution >= 0.6 is 0 Å². The molecule has 0 spiro atoms. The standard InChI is InChI=1S/C21H25NO3/c1-14-7-5-12-19(15(14)2)22-20(23)13-25-21(24)18-11-6-9-16-8-3-4-10-17(16)18/h3-4,6,8-11,14-15,19H,5,7,12-13H2,1-2H3,(H,22,23)/t14-,15-,19+/m0/s1. The molecule has 1 N–H and O–H groups in total. The van der Waals surface area contributed by atoms with Crippen molar-refractivity contribution in [2.45, 2.75) is 39.2 Å². The summed E-state index contributed by atoms with van der Waals surface area (Å²) in [6, 6.07) is 13.3. The molecule has 1 aliphatic rings. The van der Waals surface area contributed by atoms with Gasteiger partial charge in [0.15, 0.2) is 6.61 Å². The molecular formula is C21H25NO3. The minimum Gasteiger partial charge on any atom is -0.452 e. The molecule has 0 radical (unpaired) electrons. The fraction of sp³-hybridized carbons (Fsp3) is 0.429. The first-order valence-electron chi connectivity index (χ1n) is 9.00. The van der Waals surface area contributed by atoms with Gasteiger partial charge in [-0.15, -0.1) is 0 Å². The summed E-state index contributed by atoms with van der Waals surface area (Å²) in [5.74, 6) is 0.375. The lowest BCUT2D eigenvalue weighted by molar-refractivity contribution is -0.125. The first kappa shape index (κ1) is 17.5. The Morgan fingerprint density at radius 1 is 1.08 bits per heavy atom. The predicted molar refractivity (Wildman–Crippen MR) is 98.3 cm³/mol. The van der Waals surface area contributed by atoms with Crippen LogP contribution in [0, 0.1) is 11.8 Å². The maximum atomic E-state index is 12.4. The van der Waals surface area contributed by atoms with Crippen LogP contribution in [-0.2, 0) is 9.53 Å². The Balaban J connectivity index is 1.59. The Hall–Kier alpha value is -2.36. The molecule has 3 atom stereocenters. The van der Waals surface area contributed by atoms with E-state index in [9.17, 15) is 9.59 Å². The summed E-state index contributed by atoms with van der Waals surface area (Å²) in [7, 11) is 0. The van der Waals surface area contributed by atoms with Crippen LogP contribution in [-0.4, -0.2) is 24.5 Å². The van der Waals surface area contributed by atoms with Gasteiger partial charge in [-0.3, -0.25) is 4.79 Å². The van der Waals surface area contributed by atoms with E-state index in [0.717, 1.165) is 23.6 Å². The number of hydrogen-bond acceptors (Lipinski definition) is 3. The monoisotopic (exact) mass is 339 g/mol. The Bertz CT molecular complexity index is 765. The quantitative estimate of drug-likeness (QED) is 0.859. The van der Waals surface area contributed by atoms with E-state index in [1.54, 1.807) is 6.07 Å². The van der Waals surface area contributed by atoms with E-state index in [-0.39, 0.29) is 18.6 Å². The van der Waals surface area contributed by atoms with Crippen molar-refractivity contribution in [3.05, 3.63) is 48.0 Å². The van der Waals surface area contributed by atoms with E-state index in [0.29, 0.717) is 17.4 Å². The van der Waals surface area contributed by atoms with Crippen LogP contribution in [0.2, 0.25) is 0 Å². The zero-order valence-corrected chi connectivity index (χ0v) is 14.8. The summed E-state index contributed by atoms with van der Waals surface area (Å²) in [5.41, 5.74) is 0.491. The molecule has 4 nitrogen and oxygen atoms in total. The second-order valence-corrected chi connectivity index (χ2v) is 7.04. The molecule has 2 aromatic carbocycles. The Kier molecular flexibility index (Phi) is 5.37. The number of rotatable bonds is 4. The normalized spacial score (nSPS) is 23.2. The smallest absolute Gasteiger partial charge is 0.339 e. The van der Waals surface area contributed by atoms with Gasteiger partial charge in [0.25, 0.3) is 5.91 Å². The Morgan fingerprint density at radius 2 is 1.84 bits per heavy atom. The minimum atomic E-state index is -0.461. The highest BCUT2D eigenvalue weighted by Crippen LogP contribution is 2.29. The topological polar surface area (TPSA) is 55.4 Å². The molecular weight excluding hydrogens is 314 g/mol. The maximum absolute atomic E-state index is 12.4. The van der Waals surface area contributed by atoms with Gasteiger partial charge in [0.05, 0.1) is 5.56 Å². The second kappa shape index (κ2) is 7.68. The van der Waals surface area contributed by atoms with E-state index in [4.69, 9.17) is 4.74 Å². The lowest BCUT2D eigenvalue weighted by Gasteiger charge is -2.34. The number of carbonyl (C=O) groups is 2. The SMILES string of the molecule is C[C@H]1[C@@H](C)CCC[C@H]1NC(=O)COC(=O)c1cccc2ccccc12. The molecule has 0 unspecified atom stereocenters. The lowest BCUT2D eigenvalue weighted by atomic mass is 9.78. The molecule has 1 fully saturated rings. The van der Waals surface area contributed by atoms with Gasteiger partial charge in [-0.25, -0.2) is 4.79 Å². The van der Waals surface area contributed by atoms with E-state index in [2.05, 4.69) is 19.2 Å². The third-order valence-corrected chi connectivity index (χ3v) is 5.40. The third kappa shape index (κ3) is 4.01. The van der Waals surface area contributed by atoms with Crippen LogP contribution in [0.1, 0.15) is 43.5 Å². The van der Waals surface area contributed by atoms with Gasteiger partial charge in [0.2, 0.25) is 0 Å². The third-order valence-electron chi connectivity index (χ3n) is 5.40. The molecule has 25 heavy (non-hydrogen) atoms. The van der Waals surface area contributed by atoms with Gasteiger partial charge in [0.1, 0.15) is 0 Å². The predicted octanol–water partition coefficient (Wildman–Crippen LogP) is 3.94. The summed E-state index contributed by atoms with van der Waals surface area (Å²) in [5, 5.41) is 4.84. The maximum Gasteiger partial charge on any atom is 0.339 e. The van der Waals surface area contributed by atoms with Crippen molar-refractivity contribution in [2.24, 2.45) is 11.8 Å². The van der Waals surface area contributed by atoms with Crippen LogP contribution in [0.15, 0.2) is 42.5 Å². The van der Waals surface area contributed by atoms with Crippen LogP contribution in [0.4, 0.5) is 0 Å². The zero-order chi connectivity index (χ0) is 17.8. The average molecular weight is 339 g/mol. The molecule has 0 bridgehead atoms.